The predicted molar refractivity (Wildman–Crippen MR) is 482 cm³/mol. The number of pyridine rings is 4. The van der Waals surface area contributed by atoms with Crippen molar-refractivity contribution in [3.63, 3.8) is 0 Å². The second-order valence-electron chi connectivity index (χ2n) is 29.0. The Morgan fingerprint density at radius 1 is 0.331 bits per heavy atom. The van der Waals surface area contributed by atoms with Gasteiger partial charge >= 0.3 is 24.4 Å². The number of rotatable bonds is 29. The monoisotopic (exact) mass is 1730 g/mol. The smallest absolute Gasteiger partial charge is 0.414 e. The molecule has 22 nitrogen and oxygen atoms in total. The number of nitrogens with two attached hydrogens (primary N) is 1. The van der Waals surface area contributed by atoms with Gasteiger partial charge in [0.2, 0.25) is 11.8 Å². The van der Waals surface area contributed by atoms with Gasteiger partial charge in [-0.05, 0) is 208 Å². The van der Waals surface area contributed by atoms with E-state index in [-0.39, 0.29) is 78.7 Å². The summed E-state index contributed by atoms with van der Waals surface area (Å²) in [5.74, 6) is -1.74. The molecule has 0 atom stereocenters. The fourth-order valence-electron chi connectivity index (χ4n) is 13.3. The summed E-state index contributed by atoms with van der Waals surface area (Å²) in [6.07, 6.45) is 4.24. The summed E-state index contributed by atoms with van der Waals surface area (Å²) >= 11 is 0. The third-order valence-electron chi connectivity index (χ3n) is 20.5. The van der Waals surface area contributed by atoms with E-state index in [0.717, 1.165) is 75.5 Å². The minimum atomic E-state index is -0.631. The average molecular weight is 1730 g/mol. The molecular formula is C100H100F5N9O13. The van der Waals surface area contributed by atoms with E-state index < -0.39 is 53.6 Å². The molecule has 4 amide bonds. The van der Waals surface area contributed by atoms with Gasteiger partial charge in [0, 0.05) is 111 Å². The number of anilines is 5. The highest BCUT2D eigenvalue weighted by Gasteiger charge is 2.23. The number of carbonyl (C=O) groups is 8. The summed E-state index contributed by atoms with van der Waals surface area (Å²) in [4.78, 5) is 118. The van der Waals surface area contributed by atoms with Crippen LogP contribution in [0.4, 0.5) is 69.7 Å². The largest absolute Gasteiger partial charge is 0.481 e. The lowest BCUT2D eigenvalue weighted by molar-refractivity contribution is 0.0974. The van der Waals surface area contributed by atoms with Gasteiger partial charge in [0.25, 0.3) is 0 Å². The standard InChI is InChI=1S/C26H27FN2O3.C25H24F2N2O3.C25H25FN2O4.C24H24FN3O3/c1-5-32-26(31)29(4)24-14-12-22(16-23(24)27)20-8-10-21(11-9-20)25(30)15-13-19-7-6-17(2)28-18(19)3;1-4-32-25(31)29(3)22-12-9-20(15-21(22)26)18-5-7-19(8-6-18)23(30)13-10-17-11-14-24(27)28-16(17)2;1-4-32-25(30)28(2)22-13-11-20(16-21(22)26)17-7-9-18(10-8-17)23(29)14-12-19-6-5-15-27-24(19)31-3;1-3-31-24(30)28(2)21-12-10-19(15-20(21)25)16-6-8-17(9-7-16)22(29)13-11-18-5-4-14-27-23(18)26/h6-12,14,16H,5,13,15H2,1-4H3;5-9,11-12,14-15H,4,10,13H2,1-3H3;5-11,13,15-16H,4,12,14H2,1-3H3;4-10,12,14-15H,3,11,13H2,1-2H3,(H2,26,27). The highest BCUT2D eigenvalue weighted by Crippen LogP contribution is 2.33. The Kier molecular flexibility index (Phi) is 35.4. The van der Waals surface area contributed by atoms with Gasteiger partial charge in [-0.3, -0.25) is 43.8 Å². The number of halogens is 5. The van der Waals surface area contributed by atoms with Gasteiger partial charge in [0.1, 0.15) is 29.1 Å². The highest BCUT2D eigenvalue weighted by atomic mass is 19.1. The molecular weight excluding hydrogens is 1630 g/mol. The molecule has 0 saturated heterocycles. The molecule has 658 valence electrons. The van der Waals surface area contributed by atoms with Gasteiger partial charge < -0.3 is 29.4 Å². The zero-order valence-electron chi connectivity index (χ0n) is 72.8. The van der Waals surface area contributed by atoms with E-state index in [4.69, 9.17) is 29.4 Å². The van der Waals surface area contributed by atoms with Crippen LogP contribution in [0.3, 0.4) is 0 Å². The fourth-order valence-corrected chi connectivity index (χ4v) is 13.3. The van der Waals surface area contributed by atoms with Gasteiger partial charge in [-0.25, -0.2) is 51.7 Å². The van der Waals surface area contributed by atoms with Crippen LogP contribution in [0.25, 0.3) is 44.5 Å². The van der Waals surface area contributed by atoms with Gasteiger partial charge in [-0.15, -0.1) is 0 Å². The van der Waals surface area contributed by atoms with Crippen LogP contribution in [0.5, 0.6) is 5.88 Å². The number of hydrogen-bond acceptors (Lipinski definition) is 18. The molecule has 0 aliphatic carbocycles. The summed E-state index contributed by atoms with van der Waals surface area (Å²) in [6, 6.07) is 60.7. The first-order chi connectivity index (χ1) is 60.9. The average Bonchev–Trinajstić information content (AvgIpc) is 0.825. The Morgan fingerprint density at radius 3 is 0.890 bits per heavy atom. The van der Waals surface area contributed by atoms with E-state index in [1.807, 2.05) is 44.2 Å². The van der Waals surface area contributed by atoms with Crippen molar-refractivity contribution >= 4 is 76.1 Å². The molecule has 27 heteroatoms. The number of nitrogen functional groups attached to an aromatic ring is 1. The minimum absolute atomic E-state index is 0.0000425. The molecule has 0 spiro atoms. The number of ether oxygens (including phenoxy) is 5. The number of methoxy groups -OCH3 is 1. The van der Waals surface area contributed by atoms with Crippen LogP contribution in [-0.4, -0.2) is 129 Å². The van der Waals surface area contributed by atoms with E-state index in [2.05, 4.69) is 19.9 Å². The van der Waals surface area contributed by atoms with E-state index in [1.54, 1.807) is 194 Å². The molecule has 0 bridgehead atoms. The lowest BCUT2D eigenvalue weighted by atomic mass is 9.99. The van der Waals surface area contributed by atoms with Crippen LogP contribution in [0, 0.1) is 50.0 Å². The molecule has 4 heterocycles. The van der Waals surface area contributed by atoms with Crippen molar-refractivity contribution in [1.29, 1.82) is 0 Å². The minimum Gasteiger partial charge on any atom is -0.481 e. The second kappa shape index (κ2) is 46.7. The van der Waals surface area contributed by atoms with E-state index in [9.17, 15) is 60.3 Å². The van der Waals surface area contributed by atoms with Crippen LogP contribution in [0.1, 0.15) is 134 Å². The first kappa shape index (κ1) is 96.2. The Bertz CT molecular complexity index is 5680. The summed E-state index contributed by atoms with van der Waals surface area (Å²) < 4.78 is 96.3. The van der Waals surface area contributed by atoms with Crippen molar-refractivity contribution in [2.45, 2.75) is 99.8 Å². The van der Waals surface area contributed by atoms with Crippen LogP contribution in [-0.2, 0) is 44.6 Å². The van der Waals surface area contributed by atoms with Crippen molar-refractivity contribution in [1.82, 2.24) is 19.9 Å². The molecule has 0 aliphatic rings. The molecule has 0 unspecified atom stereocenters. The number of aromatic nitrogens is 4. The van der Waals surface area contributed by atoms with E-state index in [0.29, 0.717) is 107 Å². The number of Topliss-reactive ketones (excluding diaryl/α,β-unsaturated/α-hetero) is 4. The fraction of sp³-hybridized carbons (Fsp3) is 0.240. The van der Waals surface area contributed by atoms with Crippen LogP contribution in [0.15, 0.2) is 231 Å². The topological polar surface area (TPSA) is 273 Å². The van der Waals surface area contributed by atoms with Gasteiger partial charge in [-0.2, -0.15) is 4.39 Å². The van der Waals surface area contributed by atoms with Crippen molar-refractivity contribution in [2.75, 3.05) is 87.1 Å². The summed E-state index contributed by atoms with van der Waals surface area (Å²) in [6.45, 7) is 13.2. The maximum atomic E-state index is 14.6. The zero-order valence-corrected chi connectivity index (χ0v) is 72.8. The van der Waals surface area contributed by atoms with Crippen molar-refractivity contribution in [2.24, 2.45) is 0 Å². The molecule has 12 aromatic rings. The Balaban J connectivity index is 0.000000191. The van der Waals surface area contributed by atoms with Crippen molar-refractivity contribution in [3.8, 4) is 50.4 Å². The summed E-state index contributed by atoms with van der Waals surface area (Å²) in [5.41, 5.74) is 20.4. The van der Waals surface area contributed by atoms with Crippen LogP contribution >= 0.6 is 0 Å². The van der Waals surface area contributed by atoms with Crippen LogP contribution in [0.2, 0.25) is 0 Å². The maximum absolute atomic E-state index is 14.6. The Hall–Kier alpha value is -14.6. The van der Waals surface area contributed by atoms with E-state index >= 15 is 0 Å². The molecule has 127 heavy (non-hydrogen) atoms. The number of amides is 4. The number of ketones is 4. The van der Waals surface area contributed by atoms with Gasteiger partial charge in [0.15, 0.2) is 23.1 Å². The SMILES string of the molecule is CCOC(=O)N(C)c1ccc(-c2ccc(C(=O)CCc3ccc(C)nc3C)cc2)cc1F.CCOC(=O)N(C)c1ccc(-c2ccc(C(=O)CCc3ccc(F)nc3C)cc2)cc1F.CCOC(=O)N(C)c1ccc(-c2ccc(C(=O)CCc3cccnc3N)cc2)cc1F.CCOC(=O)N(C)c1ccc(-c2ccc(C(=O)CCc3cccnc3OC)cc2)cc1F. The molecule has 0 fully saturated rings. The van der Waals surface area contributed by atoms with Gasteiger partial charge in [-0.1, -0.05) is 146 Å². The normalized spacial score (nSPS) is 10.6. The molecule has 0 saturated carbocycles. The zero-order chi connectivity index (χ0) is 92.0. The van der Waals surface area contributed by atoms with Crippen molar-refractivity contribution < 1.29 is 84.0 Å². The predicted octanol–water partition coefficient (Wildman–Crippen LogP) is 21.8. The highest BCUT2D eigenvalue weighted by molar-refractivity contribution is 5.99. The molecule has 2 N–H and O–H groups in total. The molecule has 0 aliphatic heterocycles. The van der Waals surface area contributed by atoms with Crippen molar-refractivity contribution in [3.05, 3.63) is 322 Å². The quantitative estimate of drug-likeness (QED) is 0.0197. The first-order valence-corrected chi connectivity index (χ1v) is 41.0. The number of benzene rings is 8. The second-order valence-corrected chi connectivity index (χ2v) is 29.0. The molecule has 4 aromatic heterocycles. The lowest BCUT2D eigenvalue weighted by Crippen LogP contribution is -2.27. The molecule has 0 radical (unpaired) electrons. The first-order valence-electron chi connectivity index (χ1n) is 41.0. The van der Waals surface area contributed by atoms with E-state index in [1.165, 1.54) is 76.7 Å². The molecule has 8 aromatic carbocycles. The number of nitrogens with zero attached hydrogens (tertiary/aromatic N) is 8. The third-order valence-corrected chi connectivity index (χ3v) is 20.5. The van der Waals surface area contributed by atoms with Gasteiger partial charge in [0.05, 0.1) is 56.3 Å². The van der Waals surface area contributed by atoms with Crippen LogP contribution < -0.4 is 30.1 Å². The number of aryl methyl sites for hydroxylation is 7. The maximum Gasteiger partial charge on any atom is 0.414 e. The Labute approximate surface area is 735 Å². The summed E-state index contributed by atoms with van der Waals surface area (Å²) in [5, 5.41) is 0. The molecule has 12 rings (SSSR count). The number of carbonyl (C=O) groups excluding carboxylic acids is 8. The lowest BCUT2D eigenvalue weighted by Gasteiger charge is -2.17. The summed E-state index contributed by atoms with van der Waals surface area (Å²) in [7, 11) is 7.37. The Morgan fingerprint density at radius 2 is 0.606 bits per heavy atom. The number of hydrogen-bond donors (Lipinski definition) is 1. The third kappa shape index (κ3) is 26.7.